The first-order valence-corrected chi connectivity index (χ1v) is 7.65. The van der Waals surface area contributed by atoms with Gasteiger partial charge in [0.05, 0.1) is 19.4 Å². The average molecular weight is 328 g/mol. The van der Waals surface area contributed by atoms with Crippen LogP contribution in [0.25, 0.3) is 11.2 Å². The summed E-state index contributed by atoms with van der Waals surface area (Å²) in [7, 11) is 1.78. The molecule has 0 spiro atoms. The summed E-state index contributed by atoms with van der Waals surface area (Å²) in [6.45, 7) is 0.352. The van der Waals surface area contributed by atoms with E-state index in [0.717, 1.165) is 18.7 Å². The number of nitrogens with one attached hydrogen (secondary N) is 2. The van der Waals surface area contributed by atoms with Crippen molar-refractivity contribution in [2.24, 2.45) is 0 Å². The third-order valence-electron chi connectivity index (χ3n) is 3.81. The molecule has 10 heteroatoms. The molecule has 4 rings (SSSR count). The van der Waals surface area contributed by atoms with Crippen LogP contribution in [0, 0.1) is 0 Å². The van der Waals surface area contributed by atoms with E-state index in [4.69, 9.17) is 4.52 Å². The van der Waals surface area contributed by atoms with Crippen LogP contribution < -0.4 is 10.2 Å². The van der Waals surface area contributed by atoms with E-state index < -0.39 is 0 Å². The Balaban J connectivity index is 1.35. The normalized spacial score (nSPS) is 14.0. The number of amides is 1. The molecule has 0 bridgehead atoms. The zero-order chi connectivity index (χ0) is 16.5. The second-order valence-electron chi connectivity index (χ2n) is 5.75. The number of aromatic amines is 1. The molecule has 3 aromatic heterocycles. The number of aromatic nitrogens is 6. The van der Waals surface area contributed by atoms with Crippen LogP contribution in [0.3, 0.4) is 0 Å². The summed E-state index contributed by atoms with van der Waals surface area (Å²) in [5.74, 6) is 2.03. The van der Waals surface area contributed by atoms with Gasteiger partial charge in [0.1, 0.15) is 11.8 Å². The van der Waals surface area contributed by atoms with Crippen LogP contribution in [-0.4, -0.2) is 49.6 Å². The van der Waals surface area contributed by atoms with Gasteiger partial charge in [-0.05, 0) is 12.8 Å². The molecule has 0 unspecified atom stereocenters. The molecule has 1 aliphatic carbocycles. The first-order valence-electron chi connectivity index (χ1n) is 7.65. The fourth-order valence-electron chi connectivity index (χ4n) is 2.41. The minimum Gasteiger partial charge on any atom is -0.348 e. The van der Waals surface area contributed by atoms with Gasteiger partial charge in [0.2, 0.25) is 11.8 Å². The molecule has 0 atom stereocenters. The number of imidazole rings is 1. The van der Waals surface area contributed by atoms with Crippen LogP contribution in [0.4, 0.5) is 5.82 Å². The molecule has 0 aromatic carbocycles. The van der Waals surface area contributed by atoms with E-state index in [0.29, 0.717) is 28.8 Å². The van der Waals surface area contributed by atoms with Crippen LogP contribution in [0.5, 0.6) is 0 Å². The lowest BCUT2D eigenvalue weighted by Crippen LogP contribution is -2.35. The molecule has 1 fully saturated rings. The Hall–Kier alpha value is -3.04. The van der Waals surface area contributed by atoms with Crippen molar-refractivity contribution in [1.82, 2.24) is 35.4 Å². The van der Waals surface area contributed by atoms with Crippen molar-refractivity contribution in [3.8, 4) is 0 Å². The highest BCUT2D eigenvalue weighted by Crippen LogP contribution is 2.38. The lowest BCUT2D eigenvalue weighted by atomic mass is 10.4. The van der Waals surface area contributed by atoms with E-state index in [9.17, 15) is 4.79 Å². The lowest BCUT2D eigenvalue weighted by Gasteiger charge is -2.17. The first-order chi connectivity index (χ1) is 11.7. The molecular formula is C14H16N8O2. The molecule has 1 aliphatic rings. The maximum atomic E-state index is 12.1. The minimum atomic E-state index is -0.171. The van der Waals surface area contributed by atoms with E-state index >= 15 is 0 Å². The summed E-state index contributed by atoms with van der Waals surface area (Å²) in [5, 5.41) is 6.69. The number of anilines is 1. The Labute approximate surface area is 136 Å². The number of H-pyrrole nitrogens is 1. The van der Waals surface area contributed by atoms with Crippen molar-refractivity contribution >= 4 is 22.9 Å². The van der Waals surface area contributed by atoms with Gasteiger partial charge in [-0.25, -0.2) is 15.0 Å². The van der Waals surface area contributed by atoms with Crippen molar-refractivity contribution < 1.29 is 9.32 Å². The van der Waals surface area contributed by atoms with Gasteiger partial charge in [0, 0.05) is 13.0 Å². The van der Waals surface area contributed by atoms with Crippen LogP contribution in [0.15, 0.2) is 17.2 Å². The van der Waals surface area contributed by atoms with Gasteiger partial charge in [-0.2, -0.15) is 4.98 Å². The zero-order valence-corrected chi connectivity index (χ0v) is 13.1. The van der Waals surface area contributed by atoms with Crippen LogP contribution >= 0.6 is 0 Å². The van der Waals surface area contributed by atoms with Crippen molar-refractivity contribution in [3.05, 3.63) is 24.4 Å². The highest BCUT2D eigenvalue weighted by atomic mass is 16.5. The molecule has 10 nitrogen and oxygen atoms in total. The van der Waals surface area contributed by atoms with Crippen molar-refractivity contribution in [2.75, 3.05) is 18.5 Å². The molecule has 24 heavy (non-hydrogen) atoms. The summed E-state index contributed by atoms with van der Waals surface area (Å²) >= 11 is 0. The quantitative estimate of drug-likeness (QED) is 0.664. The fraction of sp³-hybridized carbons (Fsp3) is 0.429. The lowest BCUT2D eigenvalue weighted by molar-refractivity contribution is -0.120. The first kappa shape index (κ1) is 14.5. The third-order valence-corrected chi connectivity index (χ3v) is 3.81. The smallest absolute Gasteiger partial charge is 0.246 e. The Morgan fingerprint density at radius 1 is 1.42 bits per heavy atom. The molecule has 0 radical (unpaired) electrons. The number of nitrogens with zero attached hydrogens (tertiary/aromatic N) is 6. The maximum Gasteiger partial charge on any atom is 0.246 e. The van der Waals surface area contributed by atoms with Gasteiger partial charge in [0.15, 0.2) is 17.3 Å². The summed E-state index contributed by atoms with van der Waals surface area (Å²) in [6, 6.07) is 0. The van der Waals surface area contributed by atoms with Gasteiger partial charge in [-0.3, -0.25) is 4.79 Å². The van der Waals surface area contributed by atoms with Gasteiger partial charge in [-0.15, -0.1) is 0 Å². The largest absolute Gasteiger partial charge is 0.348 e. The zero-order valence-electron chi connectivity index (χ0n) is 13.1. The Morgan fingerprint density at radius 3 is 3.12 bits per heavy atom. The monoisotopic (exact) mass is 328 g/mol. The molecule has 0 saturated heterocycles. The van der Waals surface area contributed by atoms with E-state index in [1.165, 1.54) is 6.33 Å². The second-order valence-corrected chi connectivity index (χ2v) is 5.75. The average Bonchev–Trinajstić information content (AvgIpc) is 3.13. The summed E-state index contributed by atoms with van der Waals surface area (Å²) in [4.78, 5) is 33.4. The number of hydrogen-bond acceptors (Lipinski definition) is 8. The second kappa shape index (κ2) is 5.87. The number of carbonyl (C=O) groups excluding carboxylic acids is 1. The number of fused-ring (bicyclic) bond motifs is 1. The van der Waals surface area contributed by atoms with E-state index in [1.807, 2.05) is 0 Å². The highest BCUT2D eigenvalue weighted by molar-refractivity contribution is 5.86. The Morgan fingerprint density at radius 2 is 2.29 bits per heavy atom. The number of hydrogen-bond donors (Lipinski definition) is 2. The summed E-state index contributed by atoms with van der Waals surface area (Å²) in [6.07, 6.45) is 5.18. The van der Waals surface area contributed by atoms with E-state index in [-0.39, 0.29) is 19.0 Å². The standard InChI is InChI=1S/C14H16N8O2/c1-22(14-11-13(17-6-16-11)18-7-19-14)5-9(23)15-4-10-20-12(21-24-10)8-2-3-8/h6-8H,2-5H2,1H3,(H,15,23)(H,16,17,18,19). The predicted molar refractivity (Wildman–Crippen MR) is 83.1 cm³/mol. The van der Waals surface area contributed by atoms with Gasteiger partial charge in [-0.1, -0.05) is 5.16 Å². The highest BCUT2D eigenvalue weighted by Gasteiger charge is 2.28. The third kappa shape index (κ3) is 2.90. The fourth-order valence-corrected chi connectivity index (χ4v) is 2.41. The molecule has 3 heterocycles. The van der Waals surface area contributed by atoms with Gasteiger partial charge >= 0.3 is 0 Å². The Kier molecular flexibility index (Phi) is 3.56. The van der Waals surface area contributed by atoms with Crippen LogP contribution in [-0.2, 0) is 11.3 Å². The van der Waals surface area contributed by atoms with Gasteiger partial charge in [0.25, 0.3) is 0 Å². The maximum absolute atomic E-state index is 12.1. The number of likely N-dealkylation sites (N-methyl/N-ethyl adjacent to an activating group) is 1. The Bertz CT molecular complexity index is 868. The molecule has 1 saturated carbocycles. The molecule has 124 valence electrons. The molecule has 0 aliphatic heterocycles. The van der Waals surface area contributed by atoms with Crippen molar-refractivity contribution in [3.63, 3.8) is 0 Å². The summed E-state index contributed by atoms with van der Waals surface area (Å²) in [5.41, 5.74) is 1.25. The van der Waals surface area contributed by atoms with E-state index in [2.05, 4.69) is 35.4 Å². The van der Waals surface area contributed by atoms with Crippen LogP contribution in [0.2, 0.25) is 0 Å². The molecule has 2 N–H and O–H groups in total. The predicted octanol–water partition coefficient (Wildman–Crippen LogP) is 0.366. The topological polar surface area (TPSA) is 126 Å². The molecule has 3 aromatic rings. The van der Waals surface area contributed by atoms with Gasteiger partial charge < -0.3 is 19.7 Å². The van der Waals surface area contributed by atoms with E-state index in [1.54, 1.807) is 18.3 Å². The van der Waals surface area contributed by atoms with Crippen molar-refractivity contribution in [1.29, 1.82) is 0 Å². The van der Waals surface area contributed by atoms with Crippen molar-refractivity contribution in [2.45, 2.75) is 25.3 Å². The summed E-state index contributed by atoms with van der Waals surface area (Å²) < 4.78 is 5.13. The van der Waals surface area contributed by atoms with Crippen LogP contribution in [0.1, 0.15) is 30.5 Å². The molecule has 1 amide bonds. The number of carbonyl (C=O) groups is 1. The molecular weight excluding hydrogens is 312 g/mol. The minimum absolute atomic E-state index is 0.134. The number of rotatable bonds is 6. The SMILES string of the molecule is CN(CC(=O)NCc1nc(C2CC2)no1)c1ncnc2nc[nH]c12.